The Balaban J connectivity index is 3.36. The van der Waals surface area contributed by atoms with Crippen LogP contribution in [0.15, 0.2) is 0 Å². The number of halogens is 2. The van der Waals surface area contributed by atoms with Crippen molar-refractivity contribution < 1.29 is 13.6 Å². The van der Waals surface area contributed by atoms with Crippen molar-refractivity contribution >= 4 is 16.9 Å². The van der Waals surface area contributed by atoms with E-state index < -0.39 is 12.3 Å². The van der Waals surface area contributed by atoms with Gasteiger partial charge in [-0.15, -0.1) is 0 Å². The van der Waals surface area contributed by atoms with Gasteiger partial charge in [-0.1, -0.05) is 18.7 Å². The molecule has 0 aromatic carbocycles. The Morgan fingerprint density at radius 2 is 2.00 bits per heavy atom. The molecular formula is C9H16F2OS. The predicted molar refractivity (Wildman–Crippen MR) is 52.5 cm³/mol. The van der Waals surface area contributed by atoms with E-state index in [4.69, 9.17) is 0 Å². The van der Waals surface area contributed by atoms with Gasteiger partial charge in [0, 0.05) is 12.7 Å². The minimum absolute atomic E-state index is 0.0303. The Morgan fingerprint density at radius 3 is 2.46 bits per heavy atom. The maximum atomic E-state index is 12.9. The van der Waals surface area contributed by atoms with E-state index in [-0.39, 0.29) is 18.0 Å². The Kier molecular flexibility index (Phi) is 7.23. The summed E-state index contributed by atoms with van der Waals surface area (Å²) >= 11 is 1.16. The Labute approximate surface area is 82.3 Å². The molecule has 0 N–H and O–H groups in total. The van der Waals surface area contributed by atoms with Gasteiger partial charge in [-0.25, -0.2) is 8.78 Å². The van der Waals surface area contributed by atoms with Gasteiger partial charge in [0.25, 0.3) is 0 Å². The molecule has 0 fully saturated rings. The third kappa shape index (κ3) is 6.99. The molecule has 0 aromatic heterocycles. The first-order valence-corrected chi connectivity index (χ1v) is 5.48. The normalized spacial score (nSPS) is 15.4. The van der Waals surface area contributed by atoms with Crippen LogP contribution in [0.3, 0.4) is 0 Å². The highest BCUT2D eigenvalue weighted by Crippen LogP contribution is 2.15. The molecule has 0 saturated heterocycles. The van der Waals surface area contributed by atoms with E-state index in [1.165, 1.54) is 6.92 Å². The minimum atomic E-state index is -1.36. The number of hydrogen-bond donors (Lipinski definition) is 0. The molecular weight excluding hydrogens is 194 g/mol. The summed E-state index contributed by atoms with van der Waals surface area (Å²) < 4.78 is 25.5. The van der Waals surface area contributed by atoms with Gasteiger partial charge >= 0.3 is 0 Å². The molecule has 0 aromatic rings. The zero-order valence-corrected chi connectivity index (χ0v) is 8.87. The van der Waals surface area contributed by atoms with Crippen LogP contribution >= 0.6 is 11.8 Å². The molecule has 13 heavy (non-hydrogen) atoms. The van der Waals surface area contributed by atoms with E-state index in [0.29, 0.717) is 12.2 Å². The molecule has 0 amide bonds. The Morgan fingerprint density at radius 1 is 1.38 bits per heavy atom. The fourth-order valence-electron chi connectivity index (χ4n) is 0.931. The zero-order chi connectivity index (χ0) is 10.3. The molecule has 1 nitrogen and oxygen atoms in total. The van der Waals surface area contributed by atoms with Crippen molar-refractivity contribution in [3.8, 4) is 0 Å². The molecule has 0 aliphatic carbocycles. The fraction of sp³-hybridized carbons (Fsp3) is 0.889. The van der Waals surface area contributed by atoms with E-state index in [1.54, 1.807) is 6.92 Å². The highest BCUT2D eigenvalue weighted by atomic mass is 32.2. The quantitative estimate of drug-likeness (QED) is 0.626. The van der Waals surface area contributed by atoms with Gasteiger partial charge in [0.15, 0.2) is 5.12 Å². The first-order valence-electron chi connectivity index (χ1n) is 4.49. The van der Waals surface area contributed by atoms with Crippen LogP contribution in [-0.4, -0.2) is 23.2 Å². The molecule has 2 atom stereocenters. The molecule has 2 unspecified atom stereocenters. The van der Waals surface area contributed by atoms with Gasteiger partial charge in [0.05, 0.1) is 0 Å². The van der Waals surface area contributed by atoms with Crippen LogP contribution < -0.4 is 0 Å². The summed E-state index contributed by atoms with van der Waals surface area (Å²) in [4.78, 5) is 10.5. The number of alkyl halides is 2. The van der Waals surface area contributed by atoms with Gasteiger partial charge in [0.2, 0.25) is 0 Å². The standard InChI is InChI=1S/C9H16F2OS/c1-3-8(10)9(11)5-4-6-13-7(2)12/h8-9H,3-6H2,1-2H3. The second-order valence-electron chi connectivity index (χ2n) is 2.92. The van der Waals surface area contributed by atoms with Gasteiger partial charge < -0.3 is 0 Å². The van der Waals surface area contributed by atoms with E-state index in [2.05, 4.69) is 0 Å². The van der Waals surface area contributed by atoms with Crippen LogP contribution in [0.4, 0.5) is 8.78 Å². The smallest absolute Gasteiger partial charge is 0.185 e. The first kappa shape index (κ1) is 12.9. The van der Waals surface area contributed by atoms with E-state index in [9.17, 15) is 13.6 Å². The average Bonchev–Trinajstić information content (AvgIpc) is 2.10. The average molecular weight is 210 g/mol. The molecule has 0 rings (SSSR count). The second-order valence-corrected chi connectivity index (χ2v) is 4.19. The molecule has 78 valence electrons. The van der Waals surface area contributed by atoms with Crippen molar-refractivity contribution in [2.75, 3.05) is 5.75 Å². The summed E-state index contributed by atoms with van der Waals surface area (Å²) in [5.41, 5.74) is 0. The van der Waals surface area contributed by atoms with Crippen molar-refractivity contribution in [1.82, 2.24) is 0 Å². The number of hydrogen-bond acceptors (Lipinski definition) is 2. The lowest BCUT2D eigenvalue weighted by atomic mass is 10.1. The molecule has 0 heterocycles. The van der Waals surface area contributed by atoms with E-state index in [0.717, 1.165) is 11.8 Å². The summed E-state index contributed by atoms with van der Waals surface area (Å²) in [6.07, 6.45) is -1.71. The van der Waals surface area contributed by atoms with Crippen LogP contribution in [0.1, 0.15) is 33.1 Å². The molecule has 0 bridgehead atoms. The SMILES string of the molecule is CCC(F)C(F)CCCSC(C)=O. The van der Waals surface area contributed by atoms with E-state index in [1.807, 2.05) is 0 Å². The highest BCUT2D eigenvalue weighted by Gasteiger charge is 2.17. The number of rotatable bonds is 6. The van der Waals surface area contributed by atoms with Crippen LogP contribution in [0.2, 0.25) is 0 Å². The van der Waals surface area contributed by atoms with Crippen LogP contribution in [0.25, 0.3) is 0 Å². The molecule has 0 spiro atoms. The third-order valence-electron chi connectivity index (χ3n) is 1.71. The van der Waals surface area contributed by atoms with E-state index >= 15 is 0 Å². The zero-order valence-electron chi connectivity index (χ0n) is 8.06. The molecule has 0 radical (unpaired) electrons. The summed E-state index contributed by atoms with van der Waals surface area (Å²) in [5, 5.41) is 0.0303. The third-order valence-corrected chi connectivity index (χ3v) is 2.61. The fourth-order valence-corrected chi connectivity index (χ4v) is 1.53. The maximum absolute atomic E-state index is 12.9. The molecule has 0 aliphatic rings. The van der Waals surface area contributed by atoms with Crippen LogP contribution in [0.5, 0.6) is 0 Å². The number of carbonyl (C=O) groups excluding carboxylic acids is 1. The van der Waals surface area contributed by atoms with Crippen LogP contribution in [0, 0.1) is 0 Å². The Bertz CT molecular complexity index is 153. The first-order chi connectivity index (χ1) is 6.07. The number of thioether (sulfide) groups is 1. The molecule has 0 aliphatic heterocycles. The number of carbonyl (C=O) groups is 1. The van der Waals surface area contributed by atoms with Crippen molar-refractivity contribution in [3.63, 3.8) is 0 Å². The minimum Gasteiger partial charge on any atom is -0.288 e. The van der Waals surface area contributed by atoms with Crippen molar-refractivity contribution in [1.29, 1.82) is 0 Å². The topological polar surface area (TPSA) is 17.1 Å². The largest absolute Gasteiger partial charge is 0.288 e. The summed E-state index contributed by atoms with van der Waals surface area (Å²) in [6, 6.07) is 0. The van der Waals surface area contributed by atoms with Gasteiger partial charge in [-0.3, -0.25) is 4.79 Å². The van der Waals surface area contributed by atoms with Crippen molar-refractivity contribution in [2.24, 2.45) is 0 Å². The molecule has 4 heteroatoms. The Hall–Kier alpha value is -0.120. The summed E-state index contributed by atoms with van der Waals surface area (Å²) in [7, 11) is 0. The monoisotopic (exact) mass is 210 g/mol. The molecule has 0 saturated carbocycles. The lowest BCUT2D eigenvalue weighted by molar-refractivity contribution is -0.109. The van der Waals surface area contributed by atoms with Crippen LogP contribution in [-0.2, 0) is 4.79 Å². The van der Waals surface area contributed by atoms with Crippen molar-refractivity contribution in [3.05, 3.63) is 0 Å². The summed E-state index contributed by atoms with van der Waals surface area (Å²) in [5.74, 6) is 0.589. The van der Waals surface area contributed by atoms with Gasteiger partial charge in [-0.2, -0.15) is 0 Å². The predicted octanol–water partition coefficient (Wildman–Crippen LogP) is 3.13. The van der Waals surface area contributed by atoms with Gasteiger partial charge in [-0.05, 0) is 19.3 Å². The lowest BCUT2D eigenvalue weighted by Gasteiger charge is -2.10. The highest BCUT2D eigenvalue weighted by molar-refractivity contribution is 8.13. The van der Waals surface area contributed by atoms with Crippen molar-refractivity contribution in [2.45, 2.75) is 45.5 Å². The second kappa shape index (κ2) is 7.30. The maximum Gasteiger partial charge on any atom is 0.185 e. The lowest BCUT2D eigenvalue weighted by Crippen LogP contribution is -2.16. The summed E-state index contributed by atoms with van der Waals surface area (Å²) in [6.45, 7) is 3.10. The van der Waals surface area contributed by atoms with Gasteiger partial charge in [0.1, 0.15) is 12.3 Å².